The third-order valence-corrected chi connectivity index (χ3v) is 3.98. The molecule has 0 aliphatic carbocycles. The first-order valence-corrected chi connectivity index (χ1v) is 8.07. The molecule has 2 unspecified atom stereocenters. The first kappa shape index (κ1) is 17.6. The molecule has 0 aromatic carbocycles. The molecule has 0 saturated heterocycles. The Morgan fingerprint density at radius 3 is 2.00 bits per heavy atom. The van der Waals surface area contributed by atoms with E-state index in [1.807, 2.05) is 34.6 Å². The van der Waals surface area contributed by atoms with Crippen molar-refractivity contribution in [3.05, 3.63) is 0 Å². The third-order valence-electron chi connectivity index (χ3n) is 2.21. The molecule has 0 saturated carbocycles. The van der Waals surface area contributed by atoms with Crippen LogP contribution in [0.5, 0.6) is 0 Å². The molecule has 7 heteroatoms. The predicted molar refractivity (Wildman–Crippen MR) is 72.5 cm³/mol. The zero-order valence-corrected chi connectivity index (χ0v) is 12.7. The Balaban J connectivity index is 4.84. The highest BCUT2D eigenvalue weighted by atomic mass is 31.2. The van der Waals surface area contributed by atoms with Gasteiger partial charge in [0, 0.05) is 12.1 Å². The van der Waals surface area contributed by atoms with E-state index >= 15 is 0 Å². The van der Waals surface area contributed by atoms with Crippen LogP contribution in [0.2, 0.25) is 0 Å². The van der Waals surface area contributed by atoms with Crippen molar-refractivity contribution in [1.29, 1.82) is 5.26 Å². The van der Waals surface area contributed by atoms with Crippen LogP contribution in [0.3, 0.4) is 0 Å². The summed E-state index contributed by atoms with van der Waals surface area (Å²) in [4.78, 5) is 11.3. The molecule has 0 radical (unpaired) electrons. The minimum atomic E-state index is -3.61. The van der Waals surface area contributed by atoms with Crippen molar-refractivity contribution in [3.8, 4) is 6.07 Å². The van der Waals surface area contributed by atoms with Gasteiger partial charge in [-0.3, -0.25) is 4.57 Å². The molecule has 0 bridgehead atoms. The van der Waals surface area contributed by atoms with E-state index in [9.17, 15) is 9.46 Å². The number of hydrogen-bond acceptors (Lipinski definition) is 4. The molecule has 0 amide bonds. The summed E-state index contributed by atoms with van der Waals surface area (Å²) in [7, 11) is -3.61. The van der Waals surface area contributed by atoms with Crippen LogP contribution >= 0.6 is 7.52 Å². The predicted octanol–water partition coefficient (Wildman–Crippen LogP) is 1.85. The van der Waals surface area contributed by atoms with E-state index in [0.717, 1.165) is 0 Å². The van der Waals surface area contributed by atoms with Crippen LogP contribution in [0, 0.1) is 17.2 Å². The largest absolute Gasteiger partial charge is 0.331 e. The summed E-state index contributed by atoms with van der Waals surface area (Å²) in [6, 6.07) is 2.11. The fraction of sp³-hybridized carbons (Fsp3) is 0.909. The Kier molecular flexibility index (Phi) is 7.69. The molecular weight excluding hydrogens is 251 g/mol. The number of hydrogen-bond donors (Lipinski definition) is 3. The van der Waals surface area contributed by atoms with Gasteiger partial charge in [0.15, 0.2) is 0 Å². The van der Waals surface area contributed by atoms with Crippen molar-refractivity contribution in [3.63, 3.8) is 0 Å². The van der Waals surface area contributed by atoms with E-state index in [2.05, 4.69) is 16.9 Å². The maximum absolute atomic E-state index is 12.3. The molecule has 0 aliphatic rings. The van der Waals surface area contributed by atoms with Gasteiger partial charge in [0.1, 0.15) is 0 Å². The topological polar surface area (TPSA) is 88.4 Å². The summed E-state index contributed by atoms with van der Waals surface area (Å²) in [5, 5.41) is 8.89. The molecule has 6 nitrogen and oxygen atoms in total. The van der Waals surface area contributed by atoms with Crippen molar-refractivity contribution >= 4 is 7.52 Å². The molecular formula is C11H25N4O2P. The smallest absolute Gasteiger partial charge is 0.298 e. The van der Waals surface area contributed by atoms with E-state index in [4.69, 9.17) is 5.26 Å². The highest BCUT2D eigenvalue weighted by Crippen LogP contribution is 2.44. The third kappa shape index (κ3) is 6.48. The maximum Gasteiger partial charge on any atom is 0.298 e. The molecule has 106 valence electrons. The first-order chi connectivity index (χ1) is 8.22. The van der Waals surface area contributed by atoms with Crippen LogP contribution in [0.25, 0.3) is 0 Å². The molecule has 0 heterocycles. The highest BCUT2D eigenvalue weighted by molar-refractivity contribution is 7.55. The van der Waals surface area contributed by atoms with Gasteiger partial charge < -0.3 is 4.89 Å². The van der Waals surface area contributed by atoms with Crippen LogP contribution in [0.4, 0.5) is 0 Å². The van der Waals surface area contributed by atoms with Crippen molar-refractivity contribution in [2.45, 2.75) is 53.1 Å². The average molecular weight is 276 g/mol. The average Bonchev–Trinajstić information content (AvgIpc) is 2.23. The molecule has 0 rings (SSSR count). The number of nitrogens with one attached hydrogen (secondary N) is 2. The molecule has 0 aromatic heterocycles. The van der Waals surface area contributed by atoms with Crippen LogP contribution in [0.15, 0.2) is 0 Å². The van der Waals surface area contributed by atoms with Gasteiger partial charge in [-0.05, 0) is 34.1 Å². The van der Waals surface area contributed by atoms with E-state index in [1.54, 1.807) is 0 Å². The molecule has 2 atom stereocenters. The SMILES string of the molecule is CCC(C#N)CP(=O)(O)N(NC(C)C)NC(C)C. The summed E-state index contributed by atoms with van der Waals surface area (Å²) < 4.78 is 12.3. The quantitative estimate of drug-likeness (QED) is 0.463. The van der Waals surface area contributed by atoms with Gasteiger partial charge in [0.05, 0.1) is 18.1 Å². The summed E-state index contributed by atoms with van der Waals surface area (Å²) in [6.45, 7) is 9.38. The Morgan fingerprint density at radius 1 is 1.28 bits per heavy atom. The number of nitriles is 1. The normalized spacial score (nSPS) is 16.9. The maximum atomic E-state index is 12.3. The summed E-state index contributed by atoms with van der Waals surface area (Å²) in [5.74, 6) is -0.411. The lowest BCUT2D eigenvalue weighted by atomic mass is 10.1. The standard InChI is InChI=1S/C11H25N4O2P/c1-6-11(7-12)8-18(16,17)15(13-9(2)3)14-10(4)5/h9-11,13-14H,6,8H2,1-5H3,(H,16,17). The van der Waals surface area contributed by atoms with Gasteiger partial charge in [0.25, 0.3) is 7.52 Å². The zero-order chi connectivity index (χ0) is 14.3. The summed E-state index contributed by atoms with van der Waals surface area (Å²) in [6.07, 6.45) is 0.525. The monoisotopic (exact) mass is 276 g/mol. The van der Waals surface area contributed by atoms with Crippen LogP contribution in [0.1, 0.15) is 41.0 Å². The fourth-order valence-corrected chi connectivity index (χ4v) is 3.24. The second-order valence-corrected chi connectivity index (χ2v) is 7.06. The van der Waals surface area contributed by atoms with E-state index < -0.39 is 13.4 Å². The lowest BCUT2D eigenvalue weighted by Crippen LogP contribution is -2.51. The van der Waals surface area contributed by atoms with Gasteiger partial charge in [-0.2, -0.15) is 5.26 Å². The Labute approximate surface area is 110 Å². The highest BCUT2D eigenvalue weighted by Gasteiger charge is 2.32. The number of hydrazine groups is 2. The van der Waals surface area contributed by atoms with Gasteiger partial charge >= 0.3 is 0 Å². The van der Waals surface area contributed by atoms with E-state index in [0.29, 0.717) is 6.42 Å². The van der Waals surface area contributed by atoms with Crippen LogP contribution in [-0.2, 0) is 4.57 Å². The van der Waals surface area contributed by atoms with E-state index in [-0.39, 0.29) is 18.2 Å². The van der Waals surface area contributed by atoms with Crippen molar-refractivity contribution in [1.82, 2.24) is 15.7 Å². The first-order valence-electron chi connectivity index (χ1n) is 6.27. The minimum absolute atomic E-state index is 0.0267. The fourth-order valence-electron chi connectivity index (χ4n) is 1.34. The van der Waals surface area contributed by atoms with Crippen molar-refractivity contribution in [2.24, 2.45) is 5.92 Å². The molecule has 0 aliphatic heterocycles. The molecule has 0 aromatic rings. The van der Waals surface area contributed by atoms with Gasteiger partial charge in [-0.1, -0.05) is 6.92 Å². The lowest BCUT2D eigenvalue weighted by molar-refractivity contribution is 0.167. The molecule has 18 heavy (non-hydrogen) atoms. The van der Waals surface area contributed by atoms with Crippen molar-refractivity contribution < 1.29 is 9.46 Å². The lowest BCUT2D eigenvalue weighted by Gasteiger charge is -2.32. The van der Waals surface area contributed by atoms with Crippen LogP contribution < -0.4 is 10.9 Å². The van der Waals surface area contributed by atoms with Crippen molar-refractivity contribution in [2.75, 3.05) is 6.16 Å². The zero-order valence-electron chi connectivity index (χ0n) is 11.8. The Morgan fingerprint density at radius 2 is 1.72 bits per heavy atom. The minimum Gasteiger partial charge on any atom is -0.331 e. The van der Waals surface area contributed by atoms with Gasteiger partial charge in [0.2, 0.25) is 0 Å². The van der Waals surface area contributed by atoms with Gasteiger partial charge in [-0.15, -0.1) is 4.89 Å². The summed E-state index contributed by atoms with van der Waals surface area (Å²) in [5.41, 5.74) is 5.81. The van der Waals surface area contributed by atoms with Crippen LogP contribution in [-0.4, -0.2) is 28.0 Å². The molecule has 0 fully saturated rings. The van der Waals surface area contributed by atoms with Gasteiger partial charge in [-0.25, -0.2) is 10.9 Å². The number of rotatable bonds is 8. The second-order valence-electron chi connectivity index (χ2n) is 4.96. The Hall–Kier alpha value is -0.440. The number of nitrogens with zero attached hydrogens (tertiary/aromatic N) is 2. The molecule has 3 N–H and O–H groups in total. The second kappa shape index (κ2) is 7.88. The summed E-state index contributed by atoms with van der Waals surface area (Å²) >= 11 is 0. The van der Waals surface area contributed by atoms with E-state index in [1.165, 1.54) is 4.89 Å². The Bertz CT molecular complexity index is 317. The molecule has 0 spiro atoms.